The number of fused-ring (bicyclic) bond motifs is 3. The molecule has 2 aliphatic carbocycles. The van der Waals surface area contributed by atoms with Gasteiger partial charge in [0.1, 0.15) is 6.61 Å². The predicted octanol–water partition coefficient (Wildman–Crippen LogP) is 4.70. The van der Waals surface area contributed by atoms with Gasteiger partial charge in [-0.05, 0) is 68.7 Å². The molecule has 186 valence electrons. The van der Waals surface area contributed by atoms with Crippen LogP contribution in [-0.2, 0) is 14.3 Å². The summed E-state index contributed by atoms with van der Waals surface area (Å²) in [4.78, 5) is 36.5. The van der Waals surface area contributed by atoms with E-state index < -0.39 is 23.0 Å². The van der Waals surface area contributed by atoms with Gasteiger partial charge in [0.2, 0.25) is 5.91 Å². The number of carbonyl (C=O) groups excluding carboxylic acids is 2. The monoisotopic (exact) mass is 478 g/mol. The Morgan fingerprint density at radius 2 is 1.49 bits per heavy atom. The Morgan fingerprint density at radius 3 is 2.03 bits per heavy atom. The van der Waals surface area contributed by atoms with Gasteiger partial charge in [0, 0.05) is 23.9 Å². The topological polar surface area (TPSA) is 105 Å². The first kappa shape index (κ1) is 24.8. The second kappa shape index (κ2) is 9.36. The van der Waals surface area contributed by atoms with E-state index in [0.717, 1.165) is 0 Å². The second-order valence-corrected chi connectivity index (χ2v) is 10.8. The van der Waals surface area contributed by atoms with Crippen LogP contribution < -0.4 is 10.6 Å². The van der Waals surface area contributed by atoms with Crippen molar-refractivity contribution in [1.82, 2.24) is 10.6 Å². The zero-order chi connectivity index (χ0) is 25.4. The molecule has 0 spiro atoms. The fraction of sp³-hybridized carbons (Fsp3) is 0.464. The van der Waals surface area contributed by atoms with Gasteiger partial charge >= 0.3 is 12.1 Å². The number of hydrogen-bond donors (Lipinski definition) is 3. The van der Waals surface area contributed by atoms with E-state index >= 15 is 0 Å². The van der Waals surface area contributed by atoms with Gasteiger partial charge in [-0.1, -0.05) is 48.5 Å². The maximum Gasteiger partial charge on any atom is 0.407 e. The van der Waals surface area contributed by atoms with Gasteiger partial charge in [-0.15, -0.1) is 0 Å². The Hall–Kier alpha value is -3.35. The summed E-state index contributed by atoms with van der Waals surface area (Å²) < 4.78 is 5.60. The van der Waals surface area contributed by atoms with E-state index in [1.807, 2.05) is 24.3 Å². The van der Waals surface area contributed by atoms with Gasteiger partial charge in [0.25, 0.3) is 0 Å². The molecule has 0 atom stereocenters. The molecule has 0 heterocycles. The molecule has 0 radical (unpaired) electrons. The summed E-state index contributed by atoms with van der Waals surface area (Å²) in [7, 11) is 0. The molecule has 7 heteroatoms. The number of hydrogen-bond acceptors (Lipinski definition) is 4. The smallest absolute Gasteiger partial charge is 0.407 e. The minimum Gasteiger partial charge on any atom is -0.481 e. The first-order valence-corrected chi connectivity index (χ1v) is 12.2. The molecule has 4 rings (SSSR count). The molecule has 0 aliphatic heterocycles. The molecule has 2 amide bonds. The van der Waals surface area contributed by atoms with Crippen molar-refractivity contribution in [2.45, 2.75) is 64.5 Å². The first-order chi connectivity index (χ1) is 16.5. The van der Waals surface area contributed by atoms with E-state index in [1.165, 1.54) is 22.3 Å². The van der Waals surface area contributed by atoms with Crippen LogP contribution in [0.3, 0.4) is 0 Å². The van der Waals surface area contributed by atoms with Crippen LogP contribution in [0.4, 0.5) is 4.79 Å². The third-order valence-corrected chi connectivity index (χ3v) is 7.92. The predicted molar refractivity (Wildman–Crippen MR) is 133 cm³/mol. The highest BCUT2D eigenvalue weighted by Gasteiger charge is 2.45. The average molecular weight is 479 g/mol. The standard InChI is InChI=1S/C28H34N2O5/c1-27(2,25(32)33)28(3,4)30-24(31)15-17-13-18(14-17)29-26(34)35-16-23-21-11-7-5-9-19(21)20-10-6-8-12-22(20)23/h5-12,17-18,23H,13-16H2,1-4H3,(H,29,34)(H,30,31)(H,32,33). The summed E-state index contributed by atoms with van der Waals surface area (Å²) in [5, 5.41) is 15.2. The highest BCUT2D eigenvalue weighted by atomic mass is 16.5. The number of carboxylic acids is 1. The fourth-order valence-corrected chi connectivity index (χ4v) is 4.91. The van der Waals surface area contributed by atoms with Crippen molar-refractivity contribution in [2.75, 3.05) is 6.61 Å². The summed E-state index contributed by atoms with van der Waals surface area (Å²) in [5.74, 6) is -0.963. The number of rotatable bonds is 8. The fourth-order valence-electron chi connectivity index (χ4n) is 4.91. The Labute approximate surface area is 206 Å². The van der Waals surface area contributed by atoms with Crippen molar-refractivity contribution in [3.05, 3.63) is 59.7 Å². The van der Waals surface area contributed by atoms with Crippen LogP contribution in [0.15, 0.2) is 48.5 Å². The van der Waals surface area contributed by atoms with Crippen molar-refractivity contribution in [3.63, 3.8) is 0 Å². The van der Waals surface area contributed by atoms with Gasteiger partial charge in [0.05, 0.1) is 5.41 Å². The molecule has 0 unspecified atom stereocenters. The van der Waals surface area contributed by atoms with Gasteiger partial charge in [0.15, 0.2) is 0 Å². The average Bonchev–Trinajstić information content (AvgIpc) is 3.09. The number of benzene rings is 2. The van der Waals surface area contributed by atoms with Crippen molar-refractivity contribution in [3.8, 4) is 11.1 Å². The van der Waals surface area contributed by atoms with Crippen LogP contribution in [0.5, 0.6) is 0 Å². The number of ether oxygens (including phenoxy) is 1. The maximum atomic E-state index is 12.5. The maximum absolute atomic E-state index is 12.5. The van der Waals surface area contributed by atoms with E-state index in [2.05, 4.69) is 34.9 Å². The van der Waals surface area contributed by atoms with Crippen LogP contribution in [0.25, 0.3) is 11.1 Å². The van der Waals surface area contributed by atoms with Crippen LogP contribution in [0, 0.1) is 11.3 Å². The summed E-state index contributed by atoms with van der Waals surface area (Å²) in [6, 6.07) is 16.4. The minimum absolute atomic E-state index is 0.0180. The normalized spacial score (nSPS) is 19.2. The molecule has 7 nitrogen and oxygen atoms in total. The van der Waals surface area contributed by atoms with Crippen molar-refractivity contribution >= 4 is 18.0 Å². The van der Waals surface area contributed by atoms with Gasteiger partial charge < -0.3 is 20.5 Å². The summed E-state index contributed by atoms with van der Waals surface area (Å²) in [6.07, 6.45) is 1.26. The molecule has 1 fully saturated rings. The molecule has 0 saturated heterocycles. The molecule has 2 aromatic rings. The van der Waals surface area contributed by atoms with E-state index in [-0.39, 0.29) is 30.4 Å². The van der Waals surface area contributed by atoms with Crippen LogP contribution in [0.1, 0.15) is 64.0 Å². The molecule has 2 aromatic carbocycles. The Bertz CT molecular complexity index is 1090. The lowest BCUT2D eigenvalue weighted by Crippen LogP contribution is -2.57. The number of carboxylic acid groups (broad SMARTS) is 1. The van der Waals surface area contributed by atoms with E-state index in [0.29, 0.717) is 19.3 Å². The van der Waals surface area contributed by atoms with E-state index in [1.54, 1.807) is 27.7 Å². The van der Waals surface area contributed by atoms with E-state index in [4.69, 9.17) is 4.74 Å². The zero-order valence-corrected chi connectivity index (χ0v) is 20.8. The largest absolute Gasteiger partial charge is 0.481 e. The quantitative estimate of drug-likeness (QED) is 0.510. The lowest BCUT2D eigenvalue weighted by molar-refractivity contribution is -0.151. The summed E-state index contributed by atoms with van der Waals surface area (Å²) in [6.45, 7) is 6.93. The van der Waals surface area contributed by atoms with Crippen LogP contribution in [-0.4, -0.2) is 41.3 Å². The van der Waals surface area contributed by atoms with E-state index in [9.17, 15) is 19.5 Å². The van der Waals surface area contributed by atoms with Crippen molar-refractivity contribution in [1.29, 1.82) is 0 Å². The molecular formula is C28H34N2O5. The van der Waals surface area contributed by atoms with Crippen LogP contribution in [0.2, 0.25) is 0 Å². The second-order valence-electron chi connectivity index (χ2n) is 10.8. The molecule has 1 saturated carbocycles. The lowest BCUT2D eigenvalue weighted by atomic mass is 9.73. The van der Waals surface area contributed by atoms with Crippen LogP contribution >= 0.6 is 0 Å². The number of alkyl carbamates (subject to hydrolysis) is 1. The lowest BCUT2D eigenvalue weighted by Gasteiger charge is -2.40. The number of carbonyl (C=O) groups is 3. The molecular weight excluding hydrogens is 444 g/mol. The molecule has 0 aromatic heterocycles. The Balaban J connectivity index is 1.23. The molecule has 3 N–H and O–H groups in total. The van der Waals surface area contributed by atoms with Crippen molar-refractivity contribution in [2.24, 2.45) is 11.3 Å². The van der Waals surface area contributed by atoms with Crippen molar-refractivity contribution < 1.29 is 24.2 Å². The minimum atomic E-state index is -1.10. The summed E-state index contributed by atoms with van der Waals surface area (Å²) >= 11 is 0. The third-order valence-electron chi connectivity index (χ3n) is 7.92. The Kier molecular flexibility index (Phi) is 6.62. The molecule has 35 heavy (non-hydrogen) atoms. The Morgan fingerprint density at radius 1 is 0.943 bits per heavy atom. The van der Waals surface area contributed by atoms with Gasteiger partial charge in [-0.25, -0.2) is 4.79 Å². The SMILES string of the molecule is CC(C)(NC(=O)CC1CC(NC(=O)OCC2c3ccccc3-c3ccccc32)C1)C(C)(C)C(=O)O. The summed E-state index contributed by atoms with van der Waals surface area (Å²) in [5.41, 5.74) is 2.73. The number of aliphatic carboxylic acids is 1. The third kappa shape index (κ3) is 4.90. The van der Waals surface area contributed by atoms with Gasteiger partial charge in [-0.3, -0.25) is 9.59 Å². The number of amides is 2. The zero-order valence-electron chi connectivity index (χ0n) is 20.8. The number of nitrogens with one attached hydrogen (secondary N) is 2. The molecule has 2 aliphatic rings. The van der Waals surface area contributed by atoms with Gasteiger partial charge in [-0.2, -0.15) is 0 Å². The first-order valence-electron chi connectivity index (χ1n) is 12.2. The molecule has 0 bridgehead atoms. The highest BCUT2D eigenvalue weighted by Crippen LogP contribution is 2.44. The highest BCUT2D eigenvalue weighted by molar-refractivity contribution is 5.81.